The van der Waals surface area contributed by atoms with Crippen molar-refractivity contribution in [2.45, 2.75) is 17.5 Å². The maximum atomic E-state index is 13.2. The second-order valence-corrected chi connectivity index (χ2v) is 8.46. The van der Waals surface area contributed by atoms with Crippen LogP contribution in [-0.4, -0.2) is 19.3 Å². The van der Waals surface area contributed by atoms with E-state index in [4.69, 9.17) is 4.98 Å². The lowest BCUT2D eigenvalue weighted by Gasteiger charge is -2.10. The number of hydrogen-bond acceptors (Lipinski definition) is 6. The number of fused-ring (bicyclic) bond motifs is 1. The number of thioether (sulfide) groups is 1. The monoisotopic (exact) mass is 400 g/mol. The van der Waals surface area contributed by atoms with Gasteiger partial charge in [-0.15, -0.1) is 29.3 Å². The number of hydrogen-bond donors (Lipinski definition) is 0. The zero-order valence-corrected chi connectivity index (χ0v) is 16.5. The summed E-state index contributed by atoms with van der Waals surface area (Å²) in [6, 6.07) is 4.03. The lowest BCUT2D eigenvalue weighted by Crippen LogP contribution is -2.22. The van der Waals surface area contributed by atoms with Crippen molar-refractivity contribution >= 4 is 44.7 Å². The van der Waals surface area contributed by atoms with Crippen molar-refractivity contribution in [3.05, 3.63) is 63.9 Å². The highest BCUT2D eigenvalue weighted by Gasteiger charge is 2.17. The van der Waals surface area contributed by atoms with Crippen LogP contribution >= 0.6 is 34.4 Å². The molecule has 0 saturated carbocycles. The van der Waals surface area contributed by atoms with Gasteiger partial charge < -0.3 is 0 Å². The van der Waals surface area contributed by atoms with Crippen LogP contribution in [0.25, 0.3) is 20.7 Å². The van der Waals surface area contributed by atoms with Crippen molar-refractivity contribution < 1.29 is 0 Å². The van der Waals surface area contributed by atoms with Gasteiger partial charge in [-0.25, -0.2) is 4.98 Å². The van der Waals surface area contributed by atoms with Crippen molar-refractivity contribution in [1.29, 1.82) is 0 Å². The lowest BCUT2D eigenvalue weighted by molar-refractivity contribution is 0.673. The van der Waals surface area contributed by atoms with Crippen LogP contribution in [0.4, 0.5) is 0 Å². The fourth-order valence-corrected chi connectivity index (χ4v) is 5.44. The average molecular weight is 401 g/mol. The van der Waals surface area contributed by atoms with E-state index in [1.54, 1.807) is 38.4 Å². The van der Waals surface area contributed by atoms with Crippen LogP contribution in [0.15, 0.2) is 57.9 Å². The normalized spacial score (nSPS) is 11.3. The third-order valence-corrected chi connectivity index (χ3v) is 6.71. The summed E-state index contributed by atoms with van der Waals surface area (Å²) < 4.78 is 3.48. The van der Waals surface area contributed by atoms with Gasteiger partial charge in [0.15, 0.2) is 5.16 Å². The van der Waals surface area contributed by atoms with E-state index >= 15 is 0 Å². The van der Waals surface area contributed by atoms with Crippen LogP contribution in [0.3, 0.4) is 0 Å². The molecule has 0 N–H and O–H groups in total. The van der Waals surface area contributed by atoms with Crippen LogP contribution in [0, 0.1) is 0 Å². The minimum Gasteiger partial charge on any atom is -0.283 e. The molecule has 0 aliphatic carbocycles. The molecule has 4 heterocycles. The summed E-state index contributed by atoms with van der Waals surface area (Å²) >= 11 is 4.70. The molecule has 0 aliphatic heterocycles. The van der Waals surface area contributed by atoms with E-state index in [2.05, 4.69) is 11.7 Å². The molecule has 0 fully saturated rings. The third-order valence-electron chi connectivity index (χ3n) is 3.88. The summed E-state index contributed by atoms with van der Waals surface area (Å²) in [7, 11) is 1.89. The first-order valence-corrected chi connectivity index (χ1v) is 10.7. The Hall–Kier alpha value is -2.16. The zero-order chi connectivity index (χ0) is 18.1. The molecule has 0 bridgehead atoms. The minimum absolute atomic E-state index is 0.00626. The SMILES string of the molecule is C=CCn1c(SCc2cnn(C)c2)nc2scc(-c3cccs3)c2c1=O. The van der Waals surface area contributed by atoms with Crippen molar-refractivity contribution in [3.63, 3.8) is 0 Å². The Morgan fingerprint density at radius 2 is 2.27 bits per heavy atom. The topological polar surface area (TPSA) is 52.7 Å². The van der Waals surface area contributed by atoms with E-state index in [1.165, 1.54) is 11.3 Å². The third kappa shape index (κ3) is 3.15. The van der Waals surface area contributed by atoms with Gasteiger partial charge in [0.1, 0.15) is 4.83 Å². The molecule has 0 atom stereocenters. The largest absolute Gasteiger partial charge is 0.283 e. The summed E-state index contributed by atoms with van der Waals surface area (Å²) in [5.41, 5.74) is 2.06. The highest BCUT2D eigenvalue weighted by atomic mass is 32.2. The number of nitrogens with zero attached hydrogens (tertiary/aromatic N) is 4. The number of rotatable bonds is 6. The molecule has 4 aromatic heterocycles. The van der Waals surface area contributed by atoms with Crippen LogP contribution < -0.4 is 5.56 Å². The maximum absolute atomic E-state index is 13.2. The second kappa shape index (κ2) is 7.22. The predicted octanol–water partition coefficient (Wildman–Crippen LogP) is 4.40. The molecule has 8 heteroatoms. The molecule has 132 valence electrons. The molecule has 0 saturated heterocycles. The van der Waals surface area contributed by atoms with Crippen LogP contribution in [0.5, 0.6) is 0 Å². The smallest absolute Gasteiger partial charge is 0.263 e. The molecule has 0 aromatic carbocycles. The van der Waals surface area contributed by atoms with Crippen molar-refractivity contribution in [2.75, 3.05) is 0 Å². The van der Waals surface area contributed by atoms with Gasteiger partial charge in [0.25, 0.3) is 5.56 Å². The van der Waals surface area contributed by atoms with Crippen LogP contribution in [0.1, 0.15) is 5.56 Å². The molecule has 0 radical (unpaired) electrons. The summed E-state index contributed by atoms with van der Waals surface area (Å²) in [5.74, 6) is 0.714. The predicted molar refractivity (Wildman–Crippen MR) is 110 cm³/mol. The van der Waals surface area contributed by atoms with Gasteiger partial charge >= 0.3 is 0 Å². The highest BCUT2D eigenvalue weighted by Crippen LogP contribution is 2.34. The highest BCUT2D eigenvalue weighted by molar-refractivity contribution is 7.98. The Bertz CT molecular complexity index is 1120. The Morgan fingerprint density at radius 1 is 1.38 bits per heavy atom. The first-order chi connectivity index (χ1) is 12.7. The summed E-state index contributed by atoms with van der Waals surface area (Å²) in [6.45, 7) is 4.24. The molecule has 4 rings (SSSR count). The number of allylic oxidation sites excluding steroid dienone is 1. The fraction of sp³-hybridized carbons (Fsp3) is 0.167. The summed E-state index contributed by atoms with van der Waals surface area (Å²) in [6.07, 6.45) is 5.54. The quantitative estimate of drug-likeness (QED) is 0.273. The molecule has 0 amide bonds. The molecular weight excluding hydrogens is 384 g/mol. The van der Waals surface area contributed by atoms with E-state index in [0.29, 0.717) is 22.8 Å². The van der Waals surface area contributed by atoms with Crippen molar-refractivity contribution in [1.82, 2.24) is 19.3 Å². The van der Waals surface area contributed by atoms with E-state index in [9.17, 15) is 4.79 Å². The van der Waals surface area contributed by atoms with Gasteiger partial charge in [-0.2, -0.15) is 5.10 Å². The Kier molecular flexibility index (Phi) is 4.80. The molecule has 0 aliphatic rings. The standard InChI is InChI=1S/C18H16N4OS3/c1-3-6-22-17(23)15-13(14-5-4-7-24-14)11-25-16(15)20-18(22)26-10-12-8-19-21(2)9-12/h3-5,7-9,11H,1,6,10H2,2H3. The average Bonchev–Trinajstić information content (AvgIpc) is 3.36. The van der Waals surface area contributed by atoms with E-state index in [-0.39, 0.29) is 5.56 Å². The molecule has 4 aromatic rings. The Labute approximate surface area is 162 Å². The molecule has 0 unspecified atom stereocenters. The van der Waals surface area contributed by atoms with E-state index in [0.717, 1.165) is 20.8 Å². The van der Waals surface area contributed by atoms with Crippen molar-refractivity contribution in [2.24, 2.45) is 7.05 Å². The van der Waals surface area contributed by atoms with E-state index < -0.39 is 0 Å². The summed E-state index contributed by atoms with van der Waals surface area (Å²) in [4.78, 5) is 19.8. The van der Waals surface area contributed by atoms with E-state index in [1.807, 2.05) is 42.3 Å². The molecule has 26 heavy (non-hydrogen) atoms. The Balaban J connectivity index is 1.79. The van der Waals surface area contributed by atoms with Crippen LogP contribution in [-0.2, 0) is 19.3 Å². The van der Waals surface area contributed by atoms with Gasteiger partial charge in [-0.05, 0) is 11.4 Å². The number of aromatic nitrogens is 4. The number of thiophene rings is 2. The summed E-state index contributed by atoms with van der Waals surface area (Å²) in [5, 5.41) is 9.65. The first kappa shape index (κ1) is 17.3. The van der Waals surface area contributed by atoms with Gasteiger partial charge in [0.05, 0.1) is 11.6 Å². The van der Waals surface area contributed by atoms with Gasteiger partial charge in [0.2, 0.25) is 0 Å². The zero-order valence-electron chi connectivity index (χ0n) is 14.1. The molecule has 0 spiro atoms. The van der Waals surface area contributed by atoms with Crippen molar-refractivity contribution in [3.8, 4) is 10.4 Å². The van der Waals surface area contributed by atoms with Gasteiger partial charge in [-0.3, -0.25) is 14.0 Å². The van der Waals surface area contributed by atoms with Crippen LogP contribution in [0.2, 0.25) is 0 Å². The van der Waals surface area contributed by atoms with Gasteiger partial charge in [0, 0.05) is 46.9 Å². The molecule has 5 nitrogen and oxygen atoms in total. The lowest BCUT2D eigenvalue weighted by atomic mass is 10.2. The number of aryl methyl sites for hydroxylation is 1. The Morgan fingerprint density at radius 3 is 2.96 bits per heavy atom. The van der Waals surface area contributed by atoms with Gasteiger partial charge in [-0.1, -0.05) is 23.9 Å². The molecular formula is C18H16N4OS3. The first-order valence-electron chi connectivity index (χ1n) is 7.94. The second-order valence-electron chi connectivity index (χ2n) is 5.72. The fourth-order valence-electron chi connectivity index (χ4n) is 2.71. The minimum atomic E-state index is -0.00626. The maximum Gasteiger partial charge on any atom is 0.263 e.